The number of rotatable bonds is 0. The van der Waals surface area contributed by atoms with Gasteiger partial charge in [0, 0.05) is 5.02 Å². The minimum absolute atomic E-state index is 0.921. The first-order valence-corrected chi connectivity index (χ1v) is 7.32. The summed E-state index contributed by atoms with van der Waals surface area (Å²) in [5.74, 6) is 0. The average Bonchev–Trinajstić information content (AvgIpc) is 2.47. The van der Waals surface area contributed by atoms with E-state index in [0.29, 0.717) is 0 Å². The molecule has 0 N–H and O–H groups in total. The molecule has 2 aromatic carbocycles. The Kier molecular flexibility index (Phi) is 2.53. The SMILES string of the molecule is Clc1cc2c(c3c1=CCCC3)CC=c1ccccc1=2. The van der Waals surface area contributed by atoms with Crippen molar-refractivity contribution in [2.24, 2.45) is 0 Å². The van der Waals surface area contributed by atoms with E-state index in [4.69, 9.17) is 11.6 Å². The first kappa shape index (κ1) is 11.3. The van der Waals surface area contributed by atoms with Crippen LogP contribution in [0.15, 0.2) is 30.3 Å². The minimum atomic E-state index is 0.921. The summed E-state index contributed by atoms with van der Waals surface area (Å²) in [5, 5.41) is 6.23. The smallest absolute Gasteiger partial charge is 0.0484 e. The molecule has 0 aliphatic heterocycles. The Balaban J connectivity index is 2.28. The summed E-state index contributed by atoms with van der Waals surface area (Å²) >= 11 is 6.50. The number of hydrogen-bond donors (Lipinski definition) is 0. The van der Waals surface area contributed by atoms with Gasteiger partial charge in [-0.2, -0.15) is 0 Å². The van der Waals surface area contributed by atoms with E-state index >= 15 is 0 Å². The van der Waals surface area contributed by atoms with Gasteiger partial charge in [0.2, 0.25) is 0 Å². The van der Waals surface area contributed by atoms with Gasteiger partial charge in [0.1, 0.15) is 0 Å². The maximum atomic E-state index is 6.50. The second-order valence-electron chi connectivity index (χ2n) is 5.37. The number of halogens is 1. The highest BCUT2D eigenvalue weighted by atomic mass is 35.5. The van der Waals surface area contributed by atoms with Crippen LogP contribution in [-0.4, -0.2) is 0 Å². The van der Waals surface area contributed by atoms with Crippen LogP contribution in [0.1, 0.15) is 24.0 Å². The average molecular weight is 267 g/mol. The summed E-state index contributed by atoms with van der Waals surface area (Å²) in [6.45, 7) is 0. The Morgan fingerprint density at radius 1 is 0.947 bits per heavy atom. The Morgan fingerprint density at radius 3 is 2.79 bits per heavy atom. The van der Waals surface area contributed by atoms with Gasteiger partial charge in [0.25, 0.3) is 0 Å². The second-order valence-corrected chi connectivity index (χ2v) is 5.78. The molecule has 0 radical (unpaired) electrons. The van der Waals surface area contributed by atoms with Crippen molar-refractivity contribution < 1.29 is 0 Å². The van der Waals surface area contributed by atoms with Gasteiger partial charge in [-0.05, 0) is 63.8 Å². The molecule has 4 rings (SSSR count). The van der Waals surface area contributed by atoms with E-state index in [9.17, 15) is 0 Å². The molecule has 0 heterocycles. The van der Waals surface area contributed by atoms with Gasteiger partial charge in [-0.15, -0.1) is 0 Å². The molecular formula is C18H15Cl. The topological polar surface area (TPSA) is 0 Å². The molecule has 0 fully saturated rings. The van der Waals surface area contributed by atoms with Crippen molar-refractivity contribution in [3.8, 4) is 0 Å². The fraction of sp³-hybridized carbons (Fsp3) is 0.222. The van der Waals surface area contributed by atoms with Crippen LogP contribution in [0.25, 0.3) is 12.2 Å². The molecule has 0 amide bonds. The van der Waals surface area contributed by atoms with Crippen molar-refractivity contribution in [2.75, 3.05) is 0 Å². The fourth-order valence-electron chi connectivity index (χ4n) is 3.40. The van der Waals surface area contributed by atoms with Crippen LogP contribution in [0.5, 0.6) is 0 Å². The van der Waals surface area contributed by atoms with E-state index in [0.717, 1.165) is 17.9 Å². The number of benzene rings is 2. The van der Waals surface area contributed by atoms with Crippen molar-refractivity contribution in [1.82, 2.24) is 0 Å². The molecule has 2 aliphatic carbocycles. The Hall–Kier alpha value is -1.53. The lowest BCUT2D eigenvalue weighted by atomic mass is 9.89. The summed E-state index contributed by atoms with van der Waals surface area (Å²) in [7, 11) is 0. The van der Waals surface area contributed by atoms with Gasteiger partial charge in [-0.25, -0.2) is 0 Å². The van der Waals surface area contributed by atoms with E-state index in [-0.39, 0.29) is 0 Å². The zero-order valence-corrected chi connectivity index (χ0v) is 11.5. The van der Waals surface area contributed by atoms with Crippen LogP contribution in [-0.2, 0) is 12.8 Å². The Labute approximate surface area is 117 Å². The standard InChI is InChI=1S/C18H15Cl/c19-18-11-17-13-6-2-1-5-12(13)9-10-15(17)14-7-3-4-8-16(14)18/h1-2,5-6,8-9,11H,3-4,7,10H2. The first-order chi connectivity index (χ1) is 9.34. The zero-order chi connectivity index (χ0) is 12.8. The third-order valence-electron chi connectivity index (χ3n) is 4.30. The van der Waals surface area contributed by atoms with Crippen molar-refractivity contribution in [2.45, 2.75) is 25.7 Å². The maximum Gasteiger partial charge on any atom is 0.0484 e. The lowest BCUT2D eigenvalue weighted by Gasteiger charge is -2.17. The normalized spacial score (nSPS) is 15.6. The van der Waals surface area contributed by atoms with E-state index in [1.54, 1.807) is 0 Å². The number of fused-ring (bicyclic) bond motifs is 4. The Morgan fingerprint density at radius 2 is 1.84 bits per heavy atom. The predicted molar refractivity (Wildman–Crippen MR) is 80.4 cm³/mol. The molecule has 19 heavy (non-hydrogen) atoms. The van der Waals surface area contributed by atoms with E-state index in [1.807, 2.05) is 0 Å². The molecule has 94 valence electrons. The summed E-state index contributed by atoms with van der Waals surface area (Å²) in [6, 6.07) is 10.8. The number of hydrogen-bond acceptors (Lipinski definition) is 0. The molecule has 1 heteroatoms. The highest BCUT2D eigenvalue weighted by molar-refractivity contribution is 6.30. The summed E-state index contributed by atoms with van der Waals surface area (Å²) in [5.41, 5.74) is 2.98. The molecule has 0 saturated heterocycles. The third kappa shape index (κ3) is 1.67. The summed E-state index contributed by atoms with van der Waals surface area (Å²) in [6.07, 6.45) is 9.28. The summed E-state index contributed by atoms with van der Waals surface area (Å²) in [4.78, 5) is 0. The largest absolute Gasteiger partial charge is 0.0837 e. The minimum Gasteiger partial charge on any atom is -0.0837 e. The Bertz CT molecular complexity index is 875. The van der Waals surface area contributed by atoms with E-state index in [2.05, 4.69) is 42.5 Å². The van der Waals surface area contributed by atoms with Gasteiger partial charge in [-0.1, -0.05) is 48.0 Å². The quantitative estimate of drug-likeness (QED) is 0.688. The van der Waals surface area contributed by atoms with Crippen molar-refractivity contribution in [1.29, 1.82) is 0 Å². The third-order valence-corrected chi connectivity index (χ3v) is 4.61. The highest BCUT2D eigenvalue weighted by Gasteiger charge is 2.13. The van der Waals surface area contributed by atoms with Crippen LogP contribution >= 0.6 is 11.6 Å². The molecule has 2 aromatic rings. The van der Waals surface area contributed by atoms with Crippen molar-refractivity contribution in [3.63, 3.8) is 0 Å². The first-order valence-electron chi connectivity index (χ1n) is 6.94. The molecule has 2 aliphatic rings. The molecule has 0 unspecified atom stereocenters. The predicted octanol–water partition coefficient (Wildman–Crippen LogP) is 3.08. The van der Waals surface area contributed by atoms with Gasteiger partial charge < -0.3 is 0 Å². The zero-order valence-electron chi connectivity index (χ0n) is 10.7. The second kappa shape index (κ2) is 4.25. The lowest BCUT2D eigenvalue weighted by molar-refractivity contribution is 0.824. The molecule has 0 saturated carbocycles. The summed E-state index contributed by atoms with van der Waals surface area (Å²) < 4.78 is 0. The van der Waals surface area contributed by atoms with Gasteiger partial charge in [-0.3, -0.25) is 0 Å². The van der Waals surface area contributed by atoms with Crippen LogP contribution in [0.2, 0.25) is 5.02 Å². The van der Waals surface area contributed by atoms with Crippen LogP contribution in [0, 0.1) is 10.4 Å². The maximum absolute atomic E-state index is 6.50. The fourth-order valence-corrected chi connectivity index (χ4v) is 3.70. The van der Waals surface area contributed by atoms with Crippen molar-refractivity contribution in [3.05, 3.63) is 67.4 Å². The molecule has 0 aromatic heterocycles. The van der Waals surface area contributed by atoms with Crippen molar-refractivity contribution >= 4 is 23.8 Å². The van der Waals surface area contributed by atoms with Crippen LogP contribution < -0.4 is 10.4 Å². The molecule has 0 bridgehead atoms. The van der Waals surface area contributed by atoms with Gasteiger partial charge in [0.15, 0.2) is 0 Å². The monoisotopic (exact) mass is 266 g/mol. The van der Waals surface area contributed by atoms with E-state index in [1.165, 1.54) is 44.8 Å². The highest BCUT2D eigenvalue weighted by Crippen LogP contribution is 2.21. The lowest BCUT2D eigenvalue weighted by Crippen LogP contribution is -2.20. The van der Waals surface area contributed by atoms with E-state index < -0.39 is 0 Å². The van der Waals surface area contributed by atoms with Crippen LogP contribution in [0.4, 0.5) is 0 Å². The van der Waals surface area contributed by atoms with Crippen LogP contribution in [0.3, 0.4) is 0 Å². The molecule has 0 spiro atoms. The molecule has 0 nitrogen and oxygen atoms in total. The molecular weight excluding hydrogens is 252 g/mol. The van der Waals surface area contributed by atoms with Gasteiger partial charge >= 0.3 is 0 Å². The molecule has 0 atom stereocenters. The van der Waals surface area contributed by atoms with Gasteiger partial charge in [0.05, 0.1) is 0 Å².